The van der Waals surface area contributed by atoms with E-state index in [4.69, 9.17) is 23.2 Å². The van der Waals surface area contributed by atoms with Crippen molar-refractivity contribution in [3.05, 3.63) is 15.9 Å². The third-order valence-electron chi connectivity index (χ3n) is 3.65. The second kappa shape index (κ2) is 6.81. The van der Waals surface area contributed by atoms with E-state index < -0.39 is 0 Å². The fraction of sp³-hybridized carbons (Fsp3) is 0.786. The molecule has 1 heterocycles. The molecule has 0 aliphatic rings. The van der Waals surface area contributed by atoms with Crippen molar-refractivity contribution >= 4 is 23.2 Å². The highest BCUT2D eigenvalue weighted by atomic mass is 35.5. The first-order valence-electron chi connectivity index (χ1n) is 6.87. The van der Waals surface area contributed by atoms with Gasteiger partial charge in [0.2, 0.25) is 0 Å². The number of unbranched alkanes of at least 4 members (excludes halogenated alkanes) is 2. The average Bonchev–Trinajstić information content (AvgIpc) is 2.62. The maximum absolute atomic E-state index is 6.16. The van der Waals surface area contributed by atoms with Crippen molar-refractivity contribution in [3.8, 4) is 0 Å². The van der Waals surface area contributed by atoms with E-state index in [-0.39, 0.29) is 5.54 Å². The summed E-state index contributed by atoms with van der Waals surface area (Å²) in [4.78, 5) is 0. The standard InChI is InChI=1S/C14H24Cl2N2/c1-5-7-9-14(4,10-8-6-2)18-11(3)12(15)13(16)17-18/h5-10H2,1-4H3. The molecule has 0 fully saturated rings. The zero-order valence-electron chi connectivity index (χ0n) is 11.9. The molecule has 0 aliphatic carbocycles. The predicted octanol–water partition coefficient (Wildman–Crippen LogP) is 5.59. The summed E-state index contributed by atoms with van der Waals surface area (Å²) in [5.41, 5.74) is 1.02. The Morgan fingerprint density at radius 2 is 1.61 bits per heavy atom. The van der Waals surface area contributed by atoms with Crippen molar-refractivity contribution < 1.29 is 0 Å². The van der Waals surface area contributed by atoms with Crippen LogP contribution in [-0.2, 0) is 5.54 Å². The van der Waals surface area contributed by atoms with Crippen molar-refractivity contribution in [2.45, 2.75) is 71.8 Å². The second-order valence-electron chi connectivity index (χ2n) is 5.31. The lowest BCUT2D eigenvalue weighted by atomic mass is 9.89. The lowest BCUT2D eigenvalue weighted by Gasteiger charge is -2.31. The first-order chi connectivity index (χ1) is 8.46. The van der Waals surface area contributed by atoms with Gasteiger partial charge in [-0.1, -0.05) is 62.7 Å². The van der Waals surface area contributed by atoms with Gasteiger partial charge in [0.1, 0.15) is 5.02 Å². The van der Waals surface area contributed by atoms with E-state index in [0.29, 0.717) is 10.2 Å². The fourth-order valence-electron chi connectivity index (χ4n) is 2.43. The van der Waals surface area contributed by atoms with Gasteiger partial charge in [-0.25, -0.2) is 0 Å². The minimum atomic E-state index is 0.0346. The average molecular weight is 291 g/mol. The molecule has 104 valence electrons. The second-order valence-corrected chi connectivity index (χ2v) is 6.04. The molecule has 0 unspecified atom stereocenters. The fourth-order valence-corrected chi connectivity index (χ4v) is 2.76. The third-order valence-corrected chi connectivity index (χ3v) is 4.47. The molecule has 0 saturated carbocycles. The highest BCUT2D eigenvalue weighted by Gasteiger charge is 2.29. The van der Waals surface area contributed by atoms with Crippen LogP contribution in [0.4, 0.5) is 0 Å². The zero-order valence-corrected chi connectivity index (χ0v) is 13.4. The summed E-state index contributed by atoms with van der Waals surface area (Å²) in [5.74, 6) is 0. The zero-order chi connectivity index (χ0) is 13.8. The highest BCUT2D eigenvalue weighted by Crippen LogP contribution is 2.34. The molecule has 0 aromatic carbocycles. The normalized spacial score (nSPS) is 12.1. The van der Waals surface area contributed by atoms with E-state index >= 15 is 0 Å². The summed E-state index contributed by atoms with van der Waals surface area (Å²) in [6.07, 6.45) is 7.05. The topological polar surface area (TPSA) is 17.8 Å². The van der Waals surface area contributed by atoms with Crippen LogP contribution >= 0.6 is 23.2 Å². The molecular weight excluding hydrogens is 267 g/mol. The maximum Gasteiger partial charge on any atom is 0.169 e. The number of hydrogen-bond donors (Lipinski definition) is 0. The Labute approximate surface area is 121 Å². The number of halogens is 2. The Bertz CT molecular complexity index is 377. The molecular formula is C14H24Cl2N2. The molecule has 0 N–H and O–H groups in total. The molecule has 18 heavy (non-hydrogen) atoms. The molecule has 1 rings (SSSR count). The van der Waals surface area contributed by atoms with Crippen LogP contribution in [0.25, 0.3) is 0 Å². The summed E-state index contributed by atoms with van der Waals surface area (Å²) in [5, 5.41) is 5.46. The number of aromatic nitrogens is 2. The van der Waals surface area contributed by atoms with Crippen molar-refractivity contribution in [1.29, 1.82) is 0 Å². The molecule has 0 amide bonds. The van der Waals surface area contributed by atoms with Gasteiger partial charge in [-0.3, -0.25) is 4.68 Å². The molecule has 0 atom stereocenters. The molecule has 1 aromatic heterocycles. The molecule has 0 spiro atoms. The van der Waals surface area contributed by atoms with Gasteiger partial charge < -0.3 is 0 Å². The lowest BCUT2D eigenvalue weighted by molar-refractivity contribution is 0.226. The predicted molar refractivity (Wildman–Crippen MR) is 79.7 cm³/mol. The van der Waals surface area contributed by atoms with Gasteiger partial charge in [-0.2, -0.15) is 5.10 Å². The van der Waals surface area contributed by atoms with Crippen molar-refractivity contribution in [2.75, 3.05) is 0 Å². The summed E-state index contributed by atoms with van der Waals surface area (Å²) in [6, 6.07) is 0. The monoisotopic (exact) mass is 290 g/mol. The Kier molecular flexibility index (Phi) is 6.00. The van der Waals surface area contributed by atoms with Gasteiger partial charge in [-0.15, -0.1) is 0 Å². The maximum atomic E-state index is 6.16. The van der Waals surface area contributed by atoms with Crippen LogP contribution in [-0.4, -0.2) is 9.78 Å². The third kappa shape index (κ3) is 3.42. The number of nitrogens with zero attached hydrogens (tertiary/aromatic N) is 2. The SMILES string of the molecule is CCCCC(C)(CCCC)n1nc(Cl)c(Cl)c1C. The number of rotatable bonds is 7. The van der Waals surface area contributed by atoms with Crippen LogP contribution < -0.4 is 0 Å². The minimum Gasteiger partial charge on any atom is -0.261 e. The van der Waals surface area contributed by atoms with Gasteiger partial charge >= 0.3 is 0 Å². The van der Waals surface area contributed by atoms with Gasteiger partial charge in [0.15, 0.2) is 5.15 Å². The van der Waals surface area contributed by atoms with Gasteiger partial charge in [-0.05, 0) is 26.7 Å². The van der Waals surface area contributed by atoms with Crippen LogP contribution in [0.5, 0.6) is 0 Å². The van der Waals surface area contributed by atoms with Gasteiger partial charge in [0.05, 0.1) is 11.2 Å². The van der Waals surface area contributed by atoms with Crippen LogP contribution in [0.15, 0.2) is 0 Å². The Hall–Kier alpha value is -0.210. The lowest BCUT2D eigenvalue weighted by Crippen LogP contribution is -2.32. The summed E-state index contributed by atoms with van der Waals surface area (Å²) < 4.78 is 2.04. The quantitative estimate of drug-likeness (QED) is 0.640. The van der Waals surface area contributed by atoms with Crippen molar-refractivity contribution in [3.63, 3.8) is 0 Å². The van der Waals surface area contributed by atoms with Gasteiger partial charge in [0, 0.05) is 0 Å². The molecule has 4 heteroatoms. The molecule has 0 saturated heterocycles. The Morgan fingerprint density at radius 3 is 1.94 bits per heavy atom. The summed E-state index contributed by atoms with van der Waals surface area (Å²) in [6.45, 7) is 8.70. The number of hydrogen-bond acceptors (Lipinski definition) is 1. The summed E-state index contributed by atoms with van der Waals surface area (Å²) in [7, 11) is 0. The van der Waals surface area contributed by atoms with Crippen molar-refractivity contribution in [2.24, 2.45) is 0 Å². The van der Waals surface area contributed by atoms with E-state index in [1.54, 1.807) is 0 Å². The van der Waals surface area contributed by atoms with Crippen molar-refractivity contribution in [1.82, 2.24) is 9.78 Å². The van der Waals surface area contributed by atoms with Crippen LogP contribution in [0.1, 0.15) is 65.0 Å². The first-order valence-corrected chi connectivity index (χ1v) is 7.63. The summed E-state index contributed by atoms with van der Waals surface area (Å²) >= 11 is 12.2. The van der Waals surface area contributed by atoms with Gasteiger partial charge in [0.25, 0.3) is 0 Å². The molecule has 0 aliphatic heterocycles. The Morgan fingerprint density at radius 1 is 1.11 bits per heavy atom. The van der Waals surface area contributed by atoms with Crippen LogP contribution in [0.2, 0.25) is 10.2 Å². The van der Waals surface area contributed by atoms with E-state index in [9.17, 15) is 0 Å². The van der Waals surface area contributed by atoms with E-state index in [2.05, 4.69) is 25.9 Å². The smallest absolute Gasteiger partial charge is 0.169 e. The minimum absolute atomic E-state index is 0.0346. The first kappa shape index (κ1) is 15.8. The van der Waals surface area contributed by atoms with E-state index in [1.807, 2.05) is 11.6 Å². The largest absolute Gasteiger partial charge is 0.261 e. The van der Waals surface area contributed by atoms with Crippen LogP contribution in [0, 0.1) is 6.92 Å². The molecule has 1 aromatic rings. The van der Waals surface area contributed by atoms with E-state index in [1.165, 1.54) is 25.7 Å². The van der Waals surface area contributed by atoms with Crippen LogP contribution in [0.3, 0.4) is 0 Å². The molecule has 2 nitrogen and oxygen atoms in total. The molecule has 0 bridgehead atoms. The van der Waals surface area contributed by atoms with E-state index in [0.717, 1.165) is 18.5 Å². The highest BCUT2D eigenvalue weighted by molar-refractivity contribution is 6.41. The molecule has 0 radical (unpaired) electrons. The Balaban J connectivity index is 3.03.